The third kappa shape index (κ3) is 6.39. The van der Waals surface area contributed by atoms with Gasteiger partial charge in [0.15, 0.2) is 0 Å². The highest BCUT2D eigenvalue weighted by atomic mass is 32.2. The normalized spacial score (nSPS) is 17.2. The molecule has 4 N–H and O–H groups in total. The summed E-state index contributed by atoms with van der Waals surface area (Å²) in [5.41, 5.74) is 5.45. The largest absolute Gasteiger partial charge is 0.480 e. The smallest absolute Gasteiger partial charge is 0.326 e. The van der Waals surface area contributed by atoms with Crippen molar-refractivity contribution in [1.82, 2.24) is 15.1 Å². The number of nitriles is 1. The van der Waals surface area contributed by atoms with E-state index in [-0.39, 0.29) is 11.5 Å². The molecule has 0 radical (unpaired) electrons. The molecule has 0 aromatic heterocycles. The van der Waals surface area contributed by atoms with Gasteiger partial charge in [0.05, 0.1) is 0 Å². The van der Waals surface area contributed by atoms with Crippen LogP contribution in [-0.4, -0.2) is 84.1 Å². The summed E-state index contributed by atoms with van der Waals surface area (Å²) in [6.07, 6.45) is 3.54. The van der Waals surface area contributed by atoms with Crippen LogP contribution in [0.15, 0.2) is 11.8 Å². The Labute approximate surface area is 146 Å². The second-order valence-corrected chi connectivity index (χ2v) is 6.42. The Morgan fingerprint density at radius 3 is 2.58 bits per heavy atom. The maximum Gasteiger partial charge on any atom is 0.326 e. The van der Waals surface area contributed by atoms with E-state index in [4.69, 9.17) is 10.8 Å². The predicted octanol–water partition coefficient (Wildman–Crippen LogP) is -0.707. The Bertz CT molecular complexity index is 498. The van der Waals surface area contributed by atoms with Gasteiger partial charge in [-0.1, -0.05) is 0 Å². The number of nitrogens with two attached hydrogens (primary N) is 1. The number of aliphatic carboxylic acids is 1. The first-order valence-electron chi connectivity index (χ1n) is 7.83. The minimum Gasteiger partial charge on any atom is -0.480 e. The lowest BCUT2D eigenvalue weighted by molar-refractivity contribution is -0.139. The lowest BCUT2D eigenvalue weighted by Crippen LogP contribution is -2.50. The van der Waals surface area contributed by atoms with Gasteiger partial charge in [-0.3, -0.25) is 9.69 Å². The topological polar surface area (TPSA) is 123 Å². The van der Waals surface area contributed by atoms with Crippen LogP contribution in [0.2, 0.25) is 0 Å². The van der Waals surface area contributed by atoms with E-state index >= 15 is 0 Å². The second kappa shape index (κ2) is 10.9. The minimum absolute atomic E-state index is 0.0716. The molecule has 1 aliphatic rings. The molecule has 1 heterocycles. The van der Waals surface area contributed by atoms with Crippen LogP contribution >= 0.6 is 11.8 Å². The monoisotopic (exact) mass is 355 g/mol. The van der Waals surface area contributed by atoms with Crippen molar-refractivity contribution >= 4 is 23.6 Å². The molecule has 0 spiro atoms. The van der Waals surface area contributed by atoms with Crippen molar-refractivity contribution in [3.8, 4) is 6.07 Å². The highest BCUT2D eigenvalue weighted by Crippen LogP contribution is 2.07. The van der Waals surface area contributed by atoms with E-state index in [1.165, 1.54) is 6.20 Å². The van der Waals surface area contributed by atoms with Gasteiger partial charge >= 0.3 is 5.97 Å². The first-order valence-corrected chi connectivity index (χ1v) is 9.22. The van der Waals surface area contributed by atoms with E-state index in [9.17, 15) is 14.9 Å². The molecule has 1 fully saturated rings. The highest BCUT2D eigenvalue weighted by molar-refractivity contribution is 7.98. The summed E-state index contributed by atoms with van der Waals surface area (Å²) in [6.45, 7) is 3.88. The third-order valence-corrected chi connectivity index (χ3v) is 4.44. The average molecular weight is 355 g/mol. The molecule has 9 heteroatoms. The maximum atomic E-state index is 12.4. The van der Waals surface area contributed by atoms with Gasteiger partial charge in [0, 0.05) is 45.5 Å². The van der Waals surface area contributed by atoms with Crippen LogP contribution in [0.5, 0.6) is 0 Å². The molecule has 0 bridgehead atoms. The van der Waals surface area contributed by atoms with Crippen molar-refractivity contribution in [3.63, 3.8) is 0 Å². The zero-order valence-corrected chi connectivity index (χ0v) is 14.7. The van der Waals surface area contributed by atoms with Crippen LogP contribution in [0.25, 0.3) is 0 Å². The number of piperazine rings is 1. The lowest BCUT2D eigenvalue weighted by Gasteiger charge is -2.34. The fraction of sp³-hybridized carbons (Fsp3) is 0.667. The fourth-order valence-corrected chi connectivity index (χ4v) is 2.84. The molecule has 1 rings (SSSR count). The summed E-state index contributed by atoms with van der Waals surface area (Å²) >= 11 is 1.54. The molecule has 1 saturated heterocycles. The maximum absolute atomic E-state index is 12.4. The first kappa shape index (κ1) is 20.3. The van der Waals surface area contributed by atoms with Crippen molar-refractivity contribution in [2.24, 2.45) is 5.73 Å². The Morgan fingerprint density at radius 2 is 2.08 bits per heavy atom. The van der Waals surface area contributed by atoms with Gasteiger partial charge in [0.2, 0.25) is 0 Å². The van der Waals surface area contributed by atoms with E-state index in [1.807, 2.05) is 12.3 Å². The predicted molar refractivity (Wildman–Crippen MR) is 93.3 cm³/mol. The van der Waals surface area contributed by atoms with Crippen molar-refractivity contribution < 1.29 is 14.7 Å². The van der Waals surface area contributed by atoms with Gasteiger partial charge in [-0.15, -0.1) is 0 Å². The summed E-state index contributed by atoms with van der Waals surface area (Å²) in [5.74, 6) is -0.691. The Hall–Kier alpha value is -1.76. The van der Waals surface area contributed by atoms with Gasteiger partial charge in [-0.05, 0) is 18.4 Å². The summed E-state index contributed by atoms with van der Waals surface area (Å²) in [7, 11) is 0. The number of amides is 1. The quantitative estimate of drug-likeness (QED) is 0.366. The van der Waals surface area contributed by atoms with Gasteiger partial charge in [-0.2, -0.15) is 17.0 Å². The van der Waals surface area contributed by atoms with Crippen LogP contribution in [0.3, 0.4) is 0 Å². The Morgan fingerprint density at radius 1 is 1.42 bits per heavy atom. The number of carboxylic acid groups (broad SMARTS) is 1. The van der Waals surface area contributed by atoms with Gasteiger partial charge in [-0.25, -0.2) is 4.79 Å². The van der Waals surface area contributed by atoms with Crippen molar-refractivity contribution in [3.05, 3.63) is 11.8 Å². The molecule has 8 nitrogen and oxygen atoms in total. The number of thioether (sulfide) groups is 1. The van der Waals surface area contributed by atoms with E-state index in [0.29, 0.717) is 31.8 Å². The number of hydrogen-bond donors (Lipinski definition) is 3. The van der Waals surface area contributed by atoms with E-state index < -0.39 is 12.0 Å². The molecule has 0 saturated carbocycles. The van der Waals surface area contributed by atoms with Crippen molar-refractivity contribution in [1.29, 1.82) is 5.26 Å². The van der Waals surface area contributed by atoms with Crippen LogP contribution in [0, 0.1) is 11.3 Å². The molecule has 1 amide bonds. The summed E-state index contributed by atoms with van der Waals surface area (Å²) in [6, 6.07) is 1.05. The third-order valence-electron chi connectivity index (χ3n) is 3.79. The Kier molecular flexibility index (Phi) is 9.22. The van der Waals surface area contributed by atoms with E-state index in [1.54, 1.807) is 16.7 Å². The molecule has 134 valence electrons. The molecule has 24 heavy (non-hydrogen) atoms. The number of carboxylic acids is 1. The van der Waals surface area contributed by atoms with Crippen molar-refractivity contribution in [2.75, 3.05) is 51.3 Å². The molecule has 0 aromatic carbocycles. The summed E-state index contributed by atoms with van der Waals surface area (Å²) in [5, 5.41) is 21.0. The molecule has 0 aliphatic carbocycles. The van der Waals surface area contributed by atoms with Gasteiger partial charge < -0.3 is 21.1 Å². The molecule has 1 atom stereocenters. The van der Waals surface area contributed by atoms with E-state index in [2.05, 4.69) is 10.2 Å². The van der Waals surface area contributed by atoms with Gasteiger partial charge in [0.25, 0.3) is 5.91 Å². The lowest BCUT2D eigenvalue weighted by atomic mass is 10.2. The van der Waals surface area contributed by atoms with Crippen LogP contribution in [0.1, 0.15) is 6.42 Å². The van der Waals surface area contributed by atoms with Crippen LogP contribution in [-0.2, 0) is 9.59 Å². The molecular weight excluding hydrogens is 330 g/mol. The van der Waals surface area contributed by atoms with E-state index in [0.717, 1.165) is 19.6 Å². The number of nitrogens with one attached hydrogen (secondary N) is 1. The highest BCUT2D eigenvalue weighted by Gasteiger charge is 2.24. The zero-order valence-electron chi connectivity index (χ0n) is 13.9. The summed E-state index contributed by atoms with van der Waals surface area (Å²) in [4.78, 5) is 27.4. The SMILES string of the molecule is CSCCC(N/C=C(/C#N)C(=O)N1CCN(CCN)CC1)C(=O)O. The minimum atomic E-state index is -1.000. The van der Waals surface area contributed by atoms with Crippen LogP contribution < -0.4 is 11.1 Å². The number of nitrogens with zero attached hydrogens (tertiary/aromatic N) is 3. The number of carbonyl (C=O) groups excluding carboxylic acids is 1. The van der Waals surface area contributed by atoms with Crippen LogP contribution in [0.4, 0.5) is 0 Å². The first-order chi connectivity index (χ1) is 11.5. The number of rotatable bonds is 9. The fourth-order valence-electron chi connectivity index (χ4n) is 2.37. The van der Waals surface area contributed by atoms with Crippen molar-refractivity contribution in [2.45, 2.75) is 12.5 Å². The summed E-state index contributed by atoms with van der Waals surface area (Å²) < 4.78 is 0. The average Bonchev–Trinajstić information content (AvgIpc) is 2.58. The molecular formula is C15H25N5O3S. The molecule has 1 unspecified atom stereocenters. The number of carbonyl (C=O) groups is 2. The zero-order chi connectivity index (χ0) is 17.9. The molecule has 0 aromatic rings. The number of hydrogen-bond acceptors (Lipinski definition) is 7. The Balaban J connectivity index is 2.62. The molecule has 1 aliphatic heterocycles. The van der Waals surface area contributed by atoms with Gasteiger partial charge in [0.1, 0.15) is 17.7 Å². The second-order valence-electron chi connectivity index (χ2n) is 5.43. The standard InChI is InChI=1S/C15H25N5O3S/c1-24-9-2-13(15(22)23)18-11-12(10-17)14(21)20-7-5-19(4-3-16)6-8-20/h11,13,18H,2-9,16H2,1H3,(H,22,23)/b12-11-.